The summed E-state index contributed by atoms with van der Waals surface area (Å²) in [5.74, 6) is -2.85. The first-order valence-corrected chi connectivity index (χ1v) is 5.98. The highest BCUT2D eigenvalue weighted by molar-refractivity contribution is 6.30. The van der Waals surface area contributed by atoms with E-state index in [1.807, 2.05) is 0 Å². The standard InChI is InChI=1S/C12H9ClF3NO3/c13-7-1-2-9(8(4-7)12(14,15)16)17-5-6(11(19)20)3-10(17)18/h1-2,4,6H,3,5H2,(H,19,20). The van der Waals surface area contributed by atoms with Crippen molar-refractivity contribution in [2.75, 3.05) is 11.4 Å². The quantitative estimate of drug-likeness (QED) is 0.914. The van der Waals surface area contributed by atoms with Crippen molar-refractivity contribution in [2.24, 2.45) is 5.92 Å². The predicted molar refractivity (Wildman–Crippen MR) is 64.5 cm³/mol. The molecule has 2 rings (SSSR count). The Morgan fingerprint density at radius 1 is 1.40 bits per heavy atom. The zero-order chi connectivity index (χ0) is 15.1. The molecule has 0 bridgehead atoms. The highest BCUT2D eigenvalue weighted by Crippen LogP contribution is 2.40. The summed E-state index contributed by atoms with van der Waals surface area (Å²) >= 11 is 5.55. The van der Waals surface area contributed by atoms with E-state index in [1.165, 1.54) is 6.07 Å². The highest BCUT2D eigenvalue weighted by Gasteiger charge is 2.41. The lowest BCUT2D eigenvalue weighted by Crippen LogP contribution is -2.28. The number of carbonyl (C=O) groups is 2. The van der Waals surface area contributed by atoms with Crippen LogP contribution < -0.4 is 4.90 Å². The minimum atomic E-state index is -4.68. The predicted octanol–water partition coefficient (Wildman–Crippen LogP) is 2.80. The van der Waals surface area contributed by atoms with Crippen LogP contribution in [0.2, 0.25) is 5.02 Å². The topological polar surface area (TPSA) is 57.6 Å². The van der Waals surface area contributed by atoms with Crippen molar-refractivity contribution in [2.45, 2.75) is 12.6 Å². The van der Waals surface area contributed by atoms with Gasteiger partial charge in [0.05, 0.1) is 17.2 Å². The molecule has 4 nitrogen and oxygen atoms in total. The maximum absolute atomic E-state index is 13.0. The van der Waals surface area contributed by atoms with Crippen LogP contribution in [0, 0.1) is 5.92 Å². The van der Waals surface area contributed by atoms with E-state index in [0.29, 0.717) is 0 Å². The van der Waals surface area contributed by atoms with Crippen LogP contribution in [-0.2, 0) is 15.8 Å². The number of anilines is 1. The van der Waals surface area contributed by atoms with Gasteiger partial charge < -0.3 is 10.0 Å². The SMILES string of the molecule is O=C(O)C1CC(=O)N(c2ccc(Cl)cc2C(F)(F)F)C1. The van der Waals surface area contributed by atoms with Gasteiger partial charge in [0, 0.05) is 18.0 Å². The monoisotopic (exact) mass is 307 g/mol. The highest BCUT2D eigenvalue weighted by atomic mass is 35.5. The average Bonchev–Trinajstić information content (AvgIpc) is 2.70. The summed E-state index contributed by atoms with van der Waals surface area (Å²) in [5, 5.41) is 8.74. The first-order valence-electron chi connectivity index (χ1n) is 5.60. The van der Waals surface area contributed by atoms with Gasteiger partial charge in [0.2, 0.25) is 5.91 Å². The summed E-state index contributed by atoms with van der Waals surface area (Å²) in [4.78, 5) is 23.4. The molecule has 1 N–H and O–H groups in total. The van der Waals surface area contributed by atoms with Crippen LogP contribution in [0.25, 0.3) is 0 Å². The van der Waals surface area contributed by atoms with Crippen molar-refractivity contribution in [3.8, 4) is 0 Å². The fourth-order valence-electron chi connectivity index (χ4n) is 2.08. The van der Waals surface area contributed by atoms with Crippen LogP contribution >= 0.6 is 11.6 Å². The number of hydrogen-bond acceptors (Lipinski definition) is 2. The molecule has 1 aliphatic heterocycles. The Morgan fingerprint density at radius 2 is 2.05 bits per heavy atom. The van der Waals surface area contributed by atoms with Gasteiger partial charge in [-0.15, -0.1) is 0 Å². The number of halogens is 4. The molecule has 0 aromatic heterocycles. The summed E-state index contributed by atoms with van der Waals surface area (Å²) in [5.41, 5.74) is -1.42. The van der Waals surface area contributed by atoms with Crippen LogP contribution in [0.4, 0.5) is 18.9 Å². The third-order valence-corrected chi connectivity index (χ3v) is 3.26. The van der Waals surface area contributed by atoms with Crippen LogP contribution in [0.15, 0.2) is 18.2 Å². The first-order chi connectivity index (χ1) is 9.20. The molecule has 0 saturated carbocycles. The van der Waals surface area contributed by atoms with Crippen LogP contribution in [0.3, 0.4) is 0 Å². The van der Waals surface area contributed by atoms with E-state index in [-0.39, 0.29) is 23.7 Å². The van der Waals surface area contributed by atoms with Gasteiger partial charge >= 0.3 is 12.1 Å². The Balaban J connectivity index is 2.43. The first kappa shape index (κ1) is 14.6. The molecule has 20 heavy (non-hydrogen) atoms. The number of benzene rings is 1. The molecule has 1 amide bonds. The summed E-state index contributed by atoms with van der Waals surface area (Å²) in [6, 6.07) is 3.03. The summed E-state index contributed by atoms with van der Waals surface area (Å²) < 4.78 is 38.9. The largest absolute Gasteiger partial charge is 0.481 e. The molecule has 0 spiro atoms. The molecule has 1 heterocycles. The van der Waals surface area contributed by atoms with Gasteiger partial charge in [-0.2, -0.15) is 13.2 Å². The van der Waals surface area contributed by atoms with Crippen molar-refractivity contribution < 1.29 is 27.9 Å². The van der Waals surface area contributed by atoms with Gasteiger partial charge in [0.1, 0.15) is 0 Å². The fourth-order valence-corrected chi connectivity index (χ4v) is 2.25. The Hall–Kier alpha value is -1.76. The van der Waals surface area contributed by atoms with Crippen molar-refractivity contribution in [3.63, 3.8) is 0 Å². The number of carboxylic acid groups (broad SMARTS) is 1. The summed E-state index contributed by atoms with van der Waals surface area (Å²) in [6.07, 6.45) is -4.99. The minimum Gasteiger partial charge on any atom is -0.481 e. The van der Waals surface area contributed by atoms with Gasteiger partial charge in [-0.05, 0) is 18.2 Å². The number of carbonyl (C=O) groups excluding carboxylic acids is 1. The Bertz CT molecular complexity index is 574. The number of alkyl halides is 3. The second kappa shape index (κ2) is 4.97. The number of carboxylic acids is 1. The molecule has 1 saturated heterocycles. The van der Waals surface area contributed by atoms with Gasteiger partial charge in [0.15, 0.2) is 0 Å². The summed E-state index contributed by atoms with van der Waals surface area (Å²) in [7, 11) is 0. The molecule has 1 unspecified atom stereocenters. The van der Waals surface area contributed by atoms with E-state index in [2.05, 4.69) is 0 Å². The smallest absolute Gasteiger partial charge is 0.418 e. The van der Waals surface area contributed by atoms with Crippen molar-refractivity contribution in [3.05, 3.63) is 28.8 Å². The Labute approximate surface area is 116 Å². The number of aliphatic carboxylic acids is 1. The van der Waals surface area contributed by atoms with E-state index >= 15 is 0 Å². The normalized spacial score (nSPS) is 19.5. The van der Waals surface area contributed by atoms with Crippen molar-refractivity contribution >= 4 is 29.2 Å². The molecule has 1 aromatic rings. The second-order valence-corrected chi connectivity index (χ2v) is 4.84. The average molecular weight is 308 g/mol. The van der Waals surface area contributed by atoms with Crippen LogP contribution in [0.5, 0.6) is 0 Å². The molecular formula is C12H9ClF3NO3. The van der Waals surface area contributed by atoms with Gasteiger partial charge in [0.25, 0.3) is 0 Å². The van der Waals surface area contributed by atoms with E-state index in [4.69, 9.17) is 16.7 Å². The third-order valence-electron chi connectivity index (χ3n) is 3.03. The number of amides is 1. The maximum atomic E-state index is 13.0. The molecule has 1 aliphatic rings. The zero-order valence-corrected chi connectivity index (χ0v) is 10.7. The number of rotatable bonds is 2. The minimum absolute atomic E-state index is 0.109. The van der Waals surface area contributed by atoms with E-state index in [9.17, 15) is 22.8 Å². The maximum Gasteiger partial charge on any atom is 0.418 e. The van der Waals surface area contributed by atoms with E-state index in [1.54, 1.807) is 0 Å². The van der Waals surface area contributed by atoms with E-state index in [0.717, 1.165) is 17.0 Å². The Kier molecular flexibility index (Phi) is 3.64. The second-order valence-electron chi connectivity index (χ2n) is 4.40. The fraction of sp³-hybridized carbons (Fsp3) is 0.333. The molecule has 0 radical (unpaired) electrons. The third kappa shape index (κ3) is 2.72. The summed E-state index contributed by atoms with van der Waals surface area (Å²) in [6.45, 7) is -0.279. The Morgan fingerprint density at radius 3 is 2.55 bits per heavy atom. The molecule has 108 valence electrons. The van der Waals surface area contributed by atoms with Crippen LogP contribution in [0.1, 0.15) is 12.0 Å². The molecule has 1 fully saturated rings. The molecule has 1 aromatic carbocycles. The zero-order valence-electron chi connectivity index (χ0n) is 9.95. The number of hydrogen-bond donors (Lipinski definition) is 1. The van der Waals surface area contributed by atoms with Crippen molar-refractivity contribution in [1.82, 2.24) is 0 Å². The van der Waals surface area contributed by atoms with Crippen LogP contribution in [-0.4, -0.2) is 23.5 Å². The van der Waals surface area contributed by atoms with Gasteiger partial charge in [-0.1, -0.05) is 11.6 Å². The molecular weight excluding hydrogens is 299 g/mol. The molecule has 1 atom stereocenters. The van der Waals surface area contributed by atoms with E-state index < -0.39 is 29.5 Å². The lowest BCUT2D eigenvalue weighted by Gasteiger charge is -2.21. The number of nitrogens with zero attached hydrogens (tertiary/aromatic N) is 1. The van der Waals surface area contributed by atoms with Gasteiger partial charge in [-0.25, -0.2) is 0 Å². The lowest BCUT2D eigenvalue weighted by molar-refractivity contribution is -0.141. The molecule has 8 heteroatoms. The lowest BCUT2D eigenvalue weighted by atomic mass is 10.1. The molecule has 0 aliphatic carbocycles. The van der Waals surface area contributed by atoms with Crippen molar-refractivity contribution in [1.29, 1.82) is 0 Å². The van der Waals surface area contributed by atoms with Gasteiger partial charge in [-0.3, -0.25) is 9.59 Å².